The van der Waals surface area contributed by atoms with Crippen LogP contribution in [0.25, 0.3) is 5.57 Å². The molecule has 0 bridgehead atoms. The predicted molar refractivity (Wildman–Crippen MR) is 183 cm³/mol. The molecule has 0 radical (unpaired) electrons. The third-order valence-electron chi connectivity index (χ3n) is 7.91. The lowest BCUT2D eigenvalue weighted by molar-refractivity contribution is 0.0972. The molecule has 2 rings (SSSR count). The first-order chi connectivity index (χ1) is 20.7. The minimum Gasteiger partial charge on any atom is -0.339 e. The molecule has 0 amide bonds. The van der Waals surface area contributed by atoms with Crippen LogP contribution < -0.4 is 5.32 Å². The monoisotopic (exact) mass is 604 g/mol. The van der Waals surface area contributed by atoms with E-state index in [-0.39, 0.29) is 16.9 Å². The molecular formula is C37H50F2N4O. The highest BCUT2D eigenvalue weighted by Gasteiger charge is 2.16. The van der Waals surface area contributed by atoms with Gasteiger partial charge < -0.3 is 10.7 Å². The summed E-state index contributed by atoms with van der Waals surface area (Å²) < 4.78 is 28.5. The van der Waals surface area contributed by atoms with E-state index < -0.39 is 11.6 Å². The summed E-state index contributed by atoms with van der Waals surface area (Å²) in [7, 11) is 0. The Bertz CT molecular complexity index is 1440. The molecular weight excluding hydrogens is 554 g/mol. The summed E-state index contributed by atoms with van der Waals surface area (Å²) in [5.41, 5.74) is 4.62. The maximum atomic E-state index is 14.4. The van der Waals surface area contributed by atoms with Gasteiger partial charge in [-0.1, -0.05) is 45.9 Å². The lowest BCUT2D eigenvalue weighted by Gasteiger charge is -2.18. The summed E-state index contributed by atoms with van der Waals surface area (Å²) in [4.78, 5) is 22.0. The van der Waals surface area contributed by atoms with E-state index >= 15 is 0 Å². The SMILES string of the molecule is C/C=C\N=C(Nc1ccc(C(=O)CCC(C)CC(C)CCC(=N)C(C)C)c(C)c1)C(C)=N/C=C(\C)c1ccc(C)c(F)c1F. The van der Waals surface area contributed by atoms with Gasteiger partial charge in [0.1, 0.15) is 0 Å². The Hall–Kier alpha value is -3.74. The van der Waals surface area contributed by atoms with Gasteiger partial charge in [0, 0.05) is 41.3 Å². The Morgan fingerprint density at radius 2 is 1.55 bits per heavy atom. The van der Waals surface area contributed by atoms with Gasteiger partial charge in [-0.2, -0.15) is 0 Å². The summed E-state index contributed by atoms with van der Waals surface area (Å²) in [6.07, 6.45) is 9.21. The Morgan fingerprint density at radius 3 is 2.16 bits per heavy atom. The number of ketones is 1. The van der Waals surface area contributed by atoms with E-state index in [0.717, 1.165) is 42.6 Å². The van der Waals surface area contributed by atoms with Crippen molar-refractivity contribution in [3.63, 3.8) is 0 Å². The number of hydrogen-bond donors (Lipinski definition) is 2. The van der Waals surface area contributed by atoms with Crippen LogP contribution in [0.5, 0.6) is 0 Å². The van der Waals surface area contributed by atoms with Crippen LogP contribution in [0.4, 0.5) is 14.5 Å². The van der Waals surface area contributed by atoms with Crippen molar-refractivity contribution in [3.05, 3.63) is 82.7 Å². The Balaban J connectivity index is 2.08. The highest BCUT2D eigenvalue weighted by Crippen LogP contribution is 2.25. The van der Waals surface area contributed by atoms with E-state index in [1.165, 1.54) is 13.1 Å². The van der Waals surface area contributed by atoms with Crippen molar-refractivity contribution in [2.45, 2.75) is 94.4 Å². The zero-order valence-electron chi connectivity index (χ0n) is 27.9. The van der Waals surface area contributed by atoms with Crippen molar-refractivity contribution in [2.75, 3.05) is 5.32 Å². The number of aliphatic imine (C=N–C) groups is 2. The molecule has 0 heterocycles. The van der Waals surface area contributed by atoms with Gasteiger partial charge in [0.15, 0.2) is 23.3 Å². The number of anilines is 1. The van der Waals surface area contributed by atoms with Crippen molar-refractivity contribution in [1.82, 2.24) is 0 Å². The second-order valence-electron chi connectivity index (χ2n) is 12.3. The van der Waals surface area contributed by atoms with Crippen molar-refractivity contribution >= 4 is 34.3 Å². The number of aryl methyl sites for hydroxylation is 2. The molecule has 5 nitrogen and oxygen atoms in total. The number of nitrogens with one attached hydrogen (secondary N) is 2. The fraction of sp³-hybridized carbons (Fsp3) is 0.459. The summed E-state index contributed by atoms with van der Waals surface area (Å²) in [5, 5.41) is 11.4. The van der Waals surface area contributed by atoms with Crippen LogP contribution in [-0.4, -0.2) is 23.0 Å². The van der Waals surface area contributed by atoms with E-state index in [2.05, 4.69) is 43.0 Å². The number of carbonyl (C=O) groups excluding carboxylic acids is 1. The van der Waals surface area contributed by atoms with Gasteiger partial charge in [-0.3, -0.25) is 9.79 Å². The normalized spacial score (nSPS) is 14.3. The van der Waals surface area contributed by atoms with Crippen molar-refractivity contribution < 1.29 is 13.6 Å². The zero-order chi connectivity index (χ0) is 33.0. The molecule has 0 aromatic heterocycles. The van der Waals surface area contributed by atoms with Crippen LogP contribution >= 0.6 is 0 Å². The van der Waals surface area contributed by atoms with Crippen molar-refractivity contribution in [3.8, 4) is 0 Å². The van der Waals surface area contributed by atoms with Gasteiger partial charge in [-0.15, -0.1) is 0 Å². The zero-order valence-corrected chi connectivity index (χ0v) is 27.9. The summed E-state index contributed by atoms with van der Waals surface area (Å²) in [6, 6.07) is 8.73. The number of amidine groups is 1. The number of rotatable bonds is 15. The second kappa shape index (κ2) is 17.5. The summed E-state index contributed by atoms with van der Waals surface area (Å²) in [5.74, 6) is 0.162. The van der Waals surface area contributed by atoms with E-state index in [9.17, 15) is 13.6 Å². The standard InChI is InChI=1S/C37H50F2N4O/c1-10-19-41-37(29(9)42-22-28(8)32-15-13-26(6)35(38)36(32)39)43-30-14-16-31(27(7)21-30)34(44)18-12-25(5)20-24(4)11-17-33(40)23(2)3/h10,13-16,19,21-25,40H,11-12,17-18,20H2,1-9H3,(H,41,43)/b19-10-,28-22+,40-33?,42-29?. The van der Waals surface area contributed by atoms with E-state index in [0.29, 0.717) is 46.9 Å². The van der Waals surface area contributed by atoms with Gasteiger partial charge in [0.05, 0.1) is 5.71 Å². The van der Waals surface area contributed by atoms with Crippen molar-refractivity contribution in [2.24, 2.45) is 27.7 Å². The quantitative estimate of drug-likeness (QED) is 0.120. The Kier molecular flexibility index (Phi) is 14.5. The molecule has 0 saturated carbocycles. The minimum absolute atomic E-state index is 0.135. The van der Waals surface area contributed by atoms with Crippen molar-refractivity contribution in [1.29, 1.82) is 5.41 Å². The van der Waals surface area contributed by atoms with E-state index in [1.54, 1.807) is 38.3 Å². The van der Waals surface area contributed by atoms with Crippen LogP contribution in [0, 0.1) is 48.6 Å². The Labute approximate surface area is 263 Å². The molecule has 2 aromatic rings. The molecule has 0 fully saturated rings. The first-order valence-electron chi connectivity index (χ1n) is 15.6. The number of halogens is 2. The molecule has 238 valence electrons. The first kappa shape index (κ1) is 36.5. The molecule has 0 spiro atoms. The second-order valence-corrected chi connectivity index (χ2v) is 12.3. The average Bonchev–Trinajstić information content (AvgIpc) is 2.98. The summed E-state index contributed by atoms with van der Waals surface area (Å²) in [6.45, 7) is 17.4. The molecule has 7 heteroatoms. The molecule has 44 heavy (non-hydrogen) atoms. The smallest absolute Gasteiger partial charge is 0.166 e. The maximum Gasteiger partial charge on any atom is 0.166 e. The van der Waals surface area contributed by atoms with Gasteiger partial charge >= 0.3 is 0 Å². The highest BCUT2D eigenvalue weighted by atomic mass is 19.2. The maximum absolute atomic E-state index is 14.4. The molecule has 2 unspecified atom stereocenters. The number of nitrogens with zero attached hydrogens (tertiary/aromatic N) is 2. The number of carbonyl (C=O) groups is 1. The molecule has 0 saturated heterocycles. The van der Waals surface area contributed by atoms with Crippen LogP contribution in [0.2, 0.25) is 0 Å². The van der Waals surface area contributed by atoms with Gasteiger partial charge in [0.2, 0.25) is 0 Å². The average molecular weight is 605 g/mol. The molecule has 0 aliphatic rings. The topological polar surface area (TPSA) is 77.7 Å². The molecule has 2 aromatic carbocycles. The van der Waals surface area contributed by atoms with Crippen LogP contribution in [-0.2, 0) is 0 Å². The van der Waals surface area contributed by atoms with E-state index in [4.69, 9.17) is 5.41 Å². The van der Waals surface area contributed by atoms with Crippen LogP contribution in [0.1, 0.15) is 108 Å². The first-order valence-corrected chi connectivity index (χ1v) is 15.6. The number of allylic oxidation sites excluding steroid dienone is 2. The molecule has 2 N–H and O–H groups in total. The number of Topliss-reactive ketones (excluding diaryl/α,β-unsaturated/α-hetero) is 1. The lowest BCUT2D eigenvalue weighted by atomic mass is 9.88. The van der Waals surface area contributed by atoms with Crippen LogP contribution in [0.15, 0.2) is 58.8 Å². The highest BCUT2D eigenvalue weighted by molar-refractivity contribution is 6.45. The Morgan fingerprint density at radius 1 is 0.909 bits per heavy atom. The largest absolute Gasteiger partial charge is 0.339 e. The fourth-order valence-corrected chi connectivity index (χ4v) is 4.96. The van der Waals surface area contributed by atoms with Gasteiger partial charge in [-0.05, 0) is 113 Å². The third kappa shape index (κ3) is 11.1. The van der Waals surface area contributed by atoms with E-state index in [1.807, 2.05) is 32.0 Å². The fourth-order valence-electron chi connectivity index (χ4n) is 4.96. The summed E-state index contributed by atoms with van der Waals surface area (Å²) >= 11 is 0. The number of hydrogen-bond acceptors (Lipinski definition) is 4. The molecule has 2 atom stereocenters. The molecule has 0 aliphatic heterocycles. The van der Waals surface area contributed by atoms with Gasteiger partial charge in [0.25, 0.3) is 0 Å². The molecule has 0 aliphatic carbocycles. The lowest BCUT2D eigenvalue weighted by Crippen LogP contribution is -2.20. The number of benzene rings is 2. The third-order valence-corrected chi connectivity index (χ3v) is 7.91. The van der Waals surface area contributed by atoms with Crippen LogP contribution in [0.3, 0.4) is 0 Å². The predicted octanol–water partition coefficient (Wildman–Crippen LogP) is 10.5. The van der Waals surface area contributed by atoms with Gasteiger partial charge in [-0.25, -0.2) is 13.8 Å². The minimum atomic E-state index is -0.888.